The highest BCUT2D eigenvalue weighted by atomic mass is 16.4. The van der Waals surface area contributed by atoms with Crippen molar-refractivity contribution in [2.45, 2.75) is 0 Å². The SMILES string of the molecule is c1ccc(-c2nc3c(ccc4oc5cc(-c6ccc(N(c7ccc(-c8cc9ccccc9c9ccccc89)cc7)c7ccccc7-c7ccccc7)cc6)ccc5c43)o2)cc1. The van der Waals surface area contributed by atoms with Crippen LogP contribution >= 0.6 is 0 Å². The van der Waals surface area contributed by atoms with Gasteiger partial charge in [-0.1, -0.05) is 146 Å². The molecule has 0 N–H and O–H groups in total. The van der Waals surface area contributed by atoms with Crippen LogP contribution in [0.1, 0.15) is 0 Å². The first-order valence-corrected chi connectivity index (χ1v) is 20.6. The van der Waals surface area contributed by atoms with Crippen molar-refractivity contribution in [1.82, 2.24) is 4.98 Å². The molecular weight excluding hydrogens is 745 g/mol. The molecule has 0 saturated carbocycles. The van der Waals surface area contributed by atoms with Crippen molar-refractivity contribution >= 4 is 71.6 Å². The van der Waals surface area contributed by atoms with E-state index >= 15 is 0 Å². The first-order chi connectivity index (χ1) is 30.2. The number of furan rings is 1. The molecule has 0 aliphatic heterocycles. The molecule has 2 heterocycles. The first-order valence-electron chi connectivity index (χ1n) is 20.6. The molecule has 0 saturated heterocycles. The number of nitrogens with zero attached hydrogens (tertiary/aromatic N) is 2. The predicted molar refractivity (Wildman–Crippen MR) is 253 cm³/mol. The van der Waals surface area contributed by atoms with Gasteiger partial charge >= 0.3 is 0 Å². The third kappa shape index (κ3) is 5.96. The van der Waals surface area contributed by atoms with Crippen LogP contribution in [-0.4, -0.2) is 4.98 Å². The molecular formula is C57H36N2O2. The van der Waals surface area contributed by atoms with Crippen LogP contribution in [0.15, 0.2) is 227 Å². The zero-order chi connectivity index (χ0) is 40.3. The molecule has 10 aromatic carbocycles. The van der Waals surface area contributed by atoms with E-state index in [4.69, 9.17) is 13.8 Å². The van der Waals surface area contributed by atoms with Crippen LogP contribution in [0.4, 0.5) is 17.1 Å². The molecule has 61 heavy (non-hydrogen) atoms. The van der Waals surface area contributed by atoms with Crippen LogP contribution in [0.3, 0.4) is 0 Å². The Bertz CT molecular complexity index is 3570. The second kappa shape index (κ2) is 14.3. The summed E-state index contributed by atoms with van der Waals surface area (Å²) in [5.41, 5.74) is 14.2. The summed E-state index contributed by atoms with van der Waals surface area (Å²) in [5.74, 6) is 0.601. The minimum absolute atomic E-state index is 0.601. The number of fused-ring (bicyclic) bond motifs is 8. The third-order valence-electron chi connectivity index (χ3n) is 11.9. The number of anilines is 3. The largest absolute Gasteiger partial charge is 0.456 e. The Balaban J connectivity index is 0.940. The summed E-state index contributed by atoms with van der Waals surface area (Å²) in [6, 6.07) is 77.2. The van der Waals surface area contributed by atoms with Gasteiger partial charge in [0.15, 0.2) is 5.58 Å². The molecule has 0 amide bonds. The highest BCUT2D eigenvalue weighted by Crippen LogP contribution is 2.44. The van der Waals surface area contributed by atoms with Crippen LogP contribution in [0.25, 0.3) is 99.4 Å². The van der Waals surface area contributed by atoms with Crippen molar-refractivity contribution in [2.24, 2.45) is 0 Å². The number of benzene rings is 10. The number of oxazole rings is 1. The van der Waals surface area contributed by atoms with Crippen molar-refractivity contribution in [3.8, 4) is 44.8 Å². The molecule has 0 atom stereocenters. The fourth-order valence-electron chi connectivity index (χ4n) is 8.98. The molecule has 286 valence electrons. The standard InChI is InChI=1S/C57H36N2O2/c1-3-13-38(14-4-1)46-19-11-12-22-51(46)59(44-30-25-39(26-31-44)50-35-42-17-7-8-18-45(42)47-20-9-10-21-48(47)50)43-28-23-37(24-29-43)41-27-32-49-54(36-41)60-52-33-34-53-56(55(49)52)58-57(61-53)40-15-5-2-6-16-40/h1-36H. The van der Waals surface area contributed by atoms with Gasteiger partial charge in [-0.05, 0) is 122 Å². The Labute approximate surface area is 352 Å². The van der Waals surface area contributed by atoms with Gasteiger partial charge in [0.05, 0.1) is 11.1 Å². The van der Waals surface area contributed by atoms with E-state index < -0.39 is 0 Å². The Morgan fingerprint density at radius 2 is 0.934 bits per heavy atom. The Hall–Kier alpha value is -8.21. The zero-order valence-corrected chi connectivity index (χ0v) is 33.0. The molecule has 0 bridgehead atoms. The highest BCUT2D eigenvalue weighted by molar-refractivity contribution is 6.17. The van der Waals surface area contributed by atoms with Gasteiger partial charge < -0.3 is 13.7 Å². The van der Waals surface area contributed by atoms with E-state index in [1.807, 2.05) is 42.5 Å². The van der Waals surface area contributed by atoms with Gasteiger partial charge in [-0.3, -0.25) is 0 Å². The zero-order valence-electron chi connectivity index (χ0n) is 33.0. The third-order valence-corrected chi connectivity index (χ3v) is 11.9. The van der Waals surface area contributed by atoms with Crippen molar-refractivity contribution in [1.29, 1.82) is 0 Å². The first kappa shape index (κ1) is 34.8. The summed E-state index contributed by atoms with van der Waals surface area (Å²) in [7, 11) is 0. The van der Waals surface area contributed by atoms with Gasteiger partial charge in [-0.25, -0.2) is 4.98 Å². The van der Waals surface area contributed by atoms with Crippen LogP contribution in [0, 0.1) is 0 Å². The van der Waals surface area contributed by atoms with Gasteiger partial charge in [0.25, 0.3) is 0 Å². The molecule has 0 fully saturated rings. The number of hydrogen-bond acceptors (Lipinski definition) is 4. The molecule has 0 spiro atoms. The van der Waals surface area contributed by atoms with E-state index in [1.54, 1.807) is 0 Å². The summed E-state index contributed by atoms with van der Waals surface area (Å²) in [6.45, 7) is 0. The molecule has 0 radical (unpaired) electrons. The summed E-state index contributed by atoms with van der Waals surface area (Å²) in [4.78, 5) is 7.29. The maximum Gasteiger partial charge on any atom is 0.227 e. The predicted octanol–water partition coefficient (Wildman–Crippen LogP) is 16.2. The van der Waals surface area contributed by atoms with E-state index in [-0.39, 0.29) is 0 Å². The second-order valence-electron chi connectivity index (χ2n) is 15.5. The maximum atomic E-state index is 6.47. The number of rotatable bonds is 7. The quantitative estimate of drug-likeness (QED) is 0.151. The lowest BCUT2D eigenvalue weighted by Gasteiger charge is -2.28. The molecule has 12 aromatic rings. The summed E-state index contributed by atoms with van der Waals surface area (Å²) in [6.07, 6.45) is 0. The van der Waals surface area contributed by atoms with E-state index in [0.717, 1.165) is 77.9 Å². The van der Waals surface area contributed by atoms with Crippen molar-refractivity contribution in [2.75, 3.05) is 4.90 Å². The lowest BCUT2D eigenvalue weighted by molar-refractivity contribution is 0.619. The van der Waals surface area contributed by atoms with Gasteiger partial charge in [0.2, 0.25) is 5.89 Å². The fourth-order valence-corrected chi connectivity index (χ4v) is 8.98. The Morgan fingerprint density at radius 1 is 0.344 bits per heavy atom. The fraction of sp³-hybridized carbons (Fsp3) is 0. The van der Waals surface area contributed by atoms with E-state index in [0.29, 0.717) is 5.89 Å². The normalized spacial score (nSPS) is 11.6. The van der Waals surface area contributed by atoms with E-state index in [2.05, 4.69) is 181 Å². The lowest BCUT2D eigenvalue weighted by Crippen LogP contribution is -2.11. The number of aromatic nitrogens is 1. The number of hydrogen-bond donors (Lipinski definition) is 0. The maximum absolute atomic E-state index is 6.47. The minimum atomic E-state index is 0.601. The van der Waals surface area contributed by atoms with Crippen LogP contribution < -0.4 is 4.90 Å². The Morgan fingerprint density at radius 3 is 1.70 bits per heavy atom. The molecule has 0 unspecified atom stereocenters. The Kier molecular flexibility index (Phi) is 8.13. The van der Waals surface area contributed by atoms with Crippen molar-refractivity contribution in [3.63, 3.8) is 0 Å². The van der Waals surface area contributed by atoms with Gasteiger partial charge in [-0.2, -0.15) is 0 Å². The monoisotopic (exact) mass is 780 g/mol. The second-order valence-corrected chi connectivity index (χ2v) is 15.5. The molecule has 0 aliphatic rings. The average molecular weight is 781 g/mol. The van der Waals surface area contributed by atoms with E-state index in [9.17, 15) is 0 Å². The van der Waals surface area contributed by atoms with Crippen LogP contribution in [0.2, 0.25) is 0 Å². The average Bonchev–Trinajstić information content (AvgIpc) is 3.94. The van der Waals surface area contributed by atoms with Crippen LogP contribution in [0.5, 0.6) is 0 Å². The molecule has 4 heteroatoms. The van der Waals surface area contributed by atoms with Gasteiger partial charge in [0, 0.05) is 27.9 Å². The van der Waals surface area contributed by atoms with Gasteiger partial charge in [-0.15, -0.1) is 0 Å². The highest BCUT2D eigenvalue weighted by Gasteiger charge is 2.20. The smallest absolute Gasteiger partial charge is 0.227 e. The van der Waals surface area contributed by atoms with E-state index in [1.165, 1.54) is 32.7 Å². The summed E-state index contributed by atoms with van der Waals surface area (Å²) >= 11 is 0. The van der Waals surface area contributed by atoms with Gasteiger partial charge in [0.1, 0.15) is 16.7 Å². The molecule has 2 aromatic heterocycles. The molecule has 12 rings (SSSR count). The van der Waals surface area contributed by atoms with Crippen molar-refractivity contribution < 1.29 is 8.83 Å². The number of para-hydroxylation sites is 1. The van der Waals surface area contributed by atoms with Crippen LogP contribution in [-0.2, 0) is 0 Å². The summed E-state index contributed by atoms with van der Waals surface area (Å²) < 4.78 is 12.7. The molecule has 4 nitrogen and oxygen atoms in total. The minimum Gasteiger partial charge on any atom is -0.456 e. The van der Waals surface area contributed by atoms with Crippen molar-refractivity contribution in [3.05, 3.63) is 218 Å². The summed E-state index contributed by atoms with van der Waals surface area (Å²) in [5, 5.41) is 7.00. The topological polar surface area (TPSA) is 42.4 Å². The molecule has 0 aliphatic carbocycles. The lowest BCUT2D eigenvalue weighted by atomic mass is 9.93.